The largest absolute Gasteiger partial charge is 0.396 e. The highest BCUT2D eigenvalue weighted by Gasteiger charge is 2.54. The fraction of sp³-hybridized carbons (Fsp3) is 0.636. The van der Waals surface area contributed by atoms with E-state index in [1.54, 1.807) is 0 Å². The molecule has 1 saturated carbocycles. The fourth-order valence-electron chi connectivity index (χ4n) is 2.84. The molecule has 3 atom stereocenters. The number of allylic oxidation sites excluding steroid dienone is 3. The van der Waals surface area contributed by atoms with Crippen LogP contribution in [0, 0.1) is 16.7 Å². The van der Waals surface area contributed by atoms with E-state index in [-0.39, 0.29) is 17.4 Å². The zero-order chi connectivity index (χ0) is 8.82. The summed E-state index contributed by atoms with van der Waals surface area (Å²) < 4.78 is 0. The Bertz CT molecular complexity index is 243. The third-order valence-electron chi connectivity index (χ3n) is 3.82. The van der Waals surface area contributed by atoms with E-state index in [9.17, 15) is 5.11 Å². The molecule has 0 aromatic carbocycles. The number of aliphatic hydroxyl groups excluding tert-OH is 1. The maximum absolute atomic E-state index is 9.36. The zero-order valence-corrected chi connectivity index (χ0v) is 7.59. The quantitative estimate of drug-likeness (QED) is 0.620. The highest BCUT2D eigenvalue weighted by atomic mass is 16.3. The van der Waals surface area contributed by atoms with Crippen molar-refractivity contribution in [3.05, 3.63) is 24.8 Å². The van der Waals surface area contributed by atoms with Gasteiger partial charge in [0.25, 0.3) is 0 Å². The van der Waals surface area contributed by atoms with Crippen molar-refractivity contribution in [3.63, 3.8) is 0 Å². The number of hydrogen-bond donors (Lipinski definition) is 1. The van der Waals surface area contributed by atoms with Crippen LogP contribution in [0.5, 0.6) is 0 Å². The predicted octanol–water partition coefficient (Wildman–Crippen LogP) is 2.14. The Kier molecular flexibility index (Phi) is 1.50. The van der Waals surface area contributed by atoms with Gasteiger partial charge in [0.15, 0.2) is 0 Å². The summed E-state index contributed by atoms with van der Waals surface area (Å²) in [6, 6.07) is 0. The van der Waals surface area contributed by atoms with Crippen LogP contribution in [-0.2, 0) is 0 Å². The minimum absolute atomic E-state index is 0.0498. The van der Waals surface area contributed by atoms with Crippen LogP contribution in [0.2, 0.25) is 0 Å². The van der Waals surface area contributed by atoms with Crippen LogP contribution in [-0.4, -0.2) is 11.7 Å². The molecule has 0 heterocycles. The number of hydrogen-bond acceptors (Lipinski definition) is 1. The Morgan fingerprint density at radius 2 is 2.42 bits per heavy atom. The summed E-state index contributed by atoms with van der Waals surface area (Å²) in [5, 5.41) is 9.36. The Morgan fingerprint density at radius 1 is 1.67 bits per heavy atom. The van der Waals surface area contributed by atoms with Crippen molar-refractivity contribution in [3.8, 4) is 0 Å². The molecule has 66 valence electrons. The van der Waals surface area contributed by atoms with Crippen molar-refractivity contribution in [2.24, 2.45) is 16.7 Å². The summed E-state index contributed by atoms with van der Waals surface area (Å²) in [5.74, 6) is 0.681. The van der Waals surface area contributed by atoms with E-state index in [4.69, 9.17) is 0 Å². The maximum Gasteiger partial charge on any atom is 0.0496 e. The lowest BCUT2D eigenvalue weighted by molar-refractivity contribution is 0.0822. The number of fused-ring (bicyclic) bond motifs is 2. The van der Waals surface area contributed by atoms with Gasteiger partial charge in [0.2, 0.25) is 0 Å². The van der Waals surface area contributed by atoms with Crippen molar-refractivity contribution < 1.29 is 5.11 Å². The molecule has 0 aromatic rings. The lowest BCUT2D eigenvalue weighted by Gasteiger charge is -2.38. The molecule has 2 aliphatic rings. The second-order valence-electron chi connectivity index (χ2n) is 4.49. The molecule has 12 heavy (non-hydrogen) atoms. The first-order valence-electron chi connectivity index (χ1n) is 4.60. The van der Waals surface area contributed by atoms with Gasteiger partial charge >= 0.3 is 0 Å². The molecule has 2 bridgehead atoms. The topological polar surface area (TPSA) is 20.2 Å². The highest BCUT2D eigenvalue weighted by molar-refractivity contribution is 5.28. The number of aliphatic hydroxyl groups is 1. The Hall–Kier alpha value is -0.560. The van der Waals surface area contributed by atoms with E-state index in [1.807, 2.05) is 6.08 Å². The SMILES string of the molecule is C=CC12C=CC(C1)CC2(C)CO. The second kappa shape index (κ2) is 2.23. The third-order valence-corrected chi connectivity index (χ3v) is 3.82. The summed E-state index contributed by atoms with van der Waals surface area (Å²) >= 11 is 0. The lowest BCUT2D eigenvalue weighted by atomic mass is 9.67. The van der Waals surface area contributed by atoms with Crippen molar-refractivity contribution >= 4 is 0 Å². The Labute approximate surface area is 73.8 Å². The van der Waals surface area contributed by atoms with Gasteiger partial charge in [-0.1, -0.05) is 25.2 Å². The molecular formula is C11H16O. The third kappa shape index (κ3) is 0.726. The molecule has 0 radical (unpaired) electrons. The first kappa shape index (κ1) is 8.06. The molecule has 1 nitrogen and oxygen atoms in total. The van der Waals surface area contributed by atoms with Gasteiger partial charge in [0.1, 0.15) is 0 Å². The van der Waals surface area contributed by atoms with Crippen LogP contribution in [0.3, 0.4) is 0 Å². The second-order valence-corrected chi connectivity index (χ2v) is 4.49. The van der Waals surface area contributed by atoms with Crippen molar-refractivity contribution in [1.29, 1.82) is 0 Å². The highest BCUT2D eigenvalue weighted by Crippen LogP contribution is 2.60. The van der Waals surface area contributed by atoms with E-state index in [0.29, 0.717) is 5.92 Å². The molecule has 3 unspecified atom stereocenters. The summed E-state index contributed by atoms with van der Waals surface area (Å²) in [5.41, 5.74) is 0.139. The predicted molar refractivity (Wildman–Crippen MR) is 49.7 cm³/mol. The van der Waals surface area contributed by atoms with Gasteiger partial charge in [-0.2, -0.15) is 0 Å². The molecule has 1 heteroatoms. The zero-order valence-electron chi connectivity index (χ0n) is 7.59. The molecule has 0 aliphatic heterocycles. The first-order valence-corrected chi connectivity index (χ1v) is 4.60. The standard InChI is InChI=1S/C11H16O/c1-3-11-5-4-9(7-11)6-10(11,2)8-12/h3-5,9,12H,1,6-8H2,2H3. The van der Waals surface area contributed by atoms with Crippen LogP contribution in [0.4, 0.5) is 0 Å². The average Bonchev–Trinajstić information content (AvgIpc) is 2.60. The van der Waals surface area contributed by atoms with Gasteiger partial charge in [-0.15, -0.1) is 6.58 Å². The molecule has 0 saturated heterocycles. The van der Waals surface area contributed by atoms with E-state index in [2.05, 4.69) is 25.7 Å². The molecule has 2 aliphatic carbocycles. The molecular weight excluding hydrogens is 148 g/mol. The minimum atomic E-state index is 0.0498. The Balaban J connectivity index is 2.41. The lowest BCUT2D eigenvalue weighted by Crippen LogP contribution is -2.35. The summed E-state index contributed by atoms with van der Waals surface area (Å²) in [7, 11) is 0. The number of rotatable bonds is 2. The minimum Gasteiger partial charge on any atom is -0.396 e. The van der Waals surface area contributed by atoms with Gasteiger partial charge in [0.05, 0.1) is 0 Å². The van der Waals surface area contributed by atoms with Crippen molar-refractivity contribution in [2.45, 2.75) is 19.8 Å². The van der Waals surface area contributed by atoms with Gasteiger partial charge in [-0.05, 0) is 18.8 Å². The van der Waals surface area contributed by atoms with Crippen LogP contribution >= 0.6 is 0 Å². The van der Waals surface area contributed by atoms with E-state index < -0.39 is 0 Å². The molecule has 1 fully saturated rings. The fourth-order valence-corrected chi connectivity index (χ4v) is 2.84. The van der Waals surface area contributed by atoms with E-state index >= 15 is 0 Å². The van der Waals surface area contributed by atoms with Gasteiger partial charge in [-0.25, -0.2) is 0 Å². The van der Waals surface area contributed by atoms with Crippen LogP contribution in [0.15, 0.2) is 24.8 Å². The monoisotopic (exact) mass is 164 g/mol. The van der Waals surface area contributed by atoms with Gasteiger partial charge in [0, 0.05) is 17.4 Å². The smallest absolute Gasteiger partial charge is 0.0496 e. The van der Waals surface area contributed by atoms with Gasteiger partial charge in [-0.3, -0.25) is 0 Å². The van der Waals surface area contributed by atoms with Crippen molar-refractivity contribution in [1.82, 2.24) is 0 Å². The van der Waals surface area contributed by atoms with Crippen LogP contribution in [0.25, 0.3) is 0 Å². The summed E-state index contributed by atoms with van der Waals surface area (Å²) in [6.07, 6.45) is 8.82. The maximum atomic E-state index is 9.36. The summed E-state index contributed by atoms with van der Waals surface area (Å²) in [6.45, 7) is 6.34. The molecule has 0 aromatic heterocycles. The Morgan fingerprint density at radius 3 is 2.83 bits per heavy atom. The average molecular weight is 164 g/mol. The van der Waals surface area contributed by atoms with Gasteiger partial charge < -0.3 is 5.11 Å². The molecule has 2 rings (SSSR count). The van der Waals surface area contributed by atoms with Crippen LogP contribution < -0.4 is 0 Å². The molecule has 1 N–H and O–H groups in total. The van der Waals surface area contributed by atoms with E-state index in [1.165, 1.54) is 0 Å². The first-order chi connectivity index (χ1) is 5.66. The van der Waals surface area contributed by atoms with Crippen molar-refractivity contribution in [2.75, 3.05) is 6.61 Å². The van der Waals surface area contributed by atoms with Crippen LogP contribution in [0.1, 0.15) is 19.8 Å². The molecule has 0 amide bonds. The molecule has 0 spiro atoms. The summed E-state index contributed by atoms with van der Waals surface area (Å²) in [4.78, 5) is 0. The van der Waals surface area contributed by atoms with E-state index in [0.717, 1.165) is 12.8 Å². The normalized spacial score (nSPS) is 50.0.